The van der Waals surface area contributed by atoms with Crippen molar-refractivity contribution in [3.63, 3.8) is 0 Å². The largest absolute Gasteiger partial charge is 0.245 e. The molecular formula is C19H20N2S. The Bertz CT molecular complexity index is 692. The Balaban J connectivity index is 1.64. The van der Waals surface area contributed by atoms with Crippen LogP contribution in [0.5, 0.6) is 0 Å². The summed E-state index contributed by atoms with van der Waals surface area (Å²) in [6.45, 7) is 8.38. The van der Waals surface area contributed by atoms with Gasteiger partial charge < -0.3 is 0 Å². The smallest absolute Gasteiger partial charge is 0.116 e. The van der Waals surface area contributed by atoms with Crippen molar-refractivity contribution in [3.05, 3.63) is 66.8 Å². The third-order valence-electron chi connectivity index (χ3n) is 4.00. The summed E-state index contributed by atoms with van der Waals surface area (Å²) in [6, 6.07) is 8.68. The first-order valence-corrected chi connectivity index (χ1v) is 8.60. The van der Waals surface area contributed by atoms with Crippen molar-refractivity contribution in [2.75, 3.05) is 5.75 Å². The fourth-order valence-electron chi connectivity index (χ4n) is 2.63. The molecule has 0 saturated carbocycles. The predicted octanol–water partition coefficient (Wildman–Crippen LogP) is 5.02. The Morgan fingerprint density at radius 1 is 1.14 bits per heavy atom. The summed E-state index contributed by atoms with van der Waals surface area (Å²) in [4.78, 5) is 9.61. The van der Waals surface area contributed by atoms with Gasteiger partial charge in [0.25, 0.3) is 0 Å². The van der Waals surface area contributed by atoms with Crippen LogP contribution in [0.15, 0.2) is 54.8 Å². The van der Waals surface area contributed by atoms with Gasteiger partial charge in [-0.25, -0.2) is 9.97 Å². The summed E-state index contributed by atoms with van der Waals surface area (Å²) >= 11 is 1.97. The van der Waals surface area contributed by atoms with Crippen molar-refractivity contribution in [2.24, 2.45) is 0 Å². The second kappa shape index (κ2) is 6.93. The molecule has 1 aliphatic heterocycles. The molecule has 22 heavy (non-hydrogen) atoms. The topological polar surface area (TPSA) is 25.8 Å². The molecule has 1 aromatic heterocycles. The molecule has 0 spiro atoms. The molecule has 0 radical (unpaired) electrons. The van der Waals surface area contributed by atoms with Gasteiger partial charge in [0.1, 0.15) is 6.33 Å². The number of fused-ring (bicyclic) bond motifs is 1. The fraction of sp³-hybridized carbons (Fsp3) is 0.263. The number of rotatable bonds is 5. The van der Waals surface area contributed by atoms with Crippen LogP contribution in [0.1, 0.15) is 36.1 Å². The van der Waals surface area contributed by atoms with Gasteiger partial charge >= 0.3 is 0 Å². The molecule has 0 amide bonds. The molecule has 0 unspecified atom stereocenters. The second-order valence-corrected chi connectivity index (χ2v) is 6.71. The Morgan fingerprint density at radius 3 is 2.82 bits per heavy atom. The zero-order valence-corrected chi connectivity index (χ0v) is 13.5. The molecule has 0 aliphatic carbocycles. The molecule has 0 bridgehead atoms. The molecule has 112 valence electrons. The Morgan fingerprint density at radius 2 is 2.00 bits per heavy atom. The average Bonchev–Trinajstić information content (AvgIpc) is 2.59. The van der Waals surface area contributed by atoms with Crippen molar-refractivity contribution in [1.29, 1.82) is 0 Å². The number of aromatic nitrogens is 2. The van der Waals surface area contributed by atoms with E-state index in [1.54, 1.807) is 12.5 Å². The standard InChI is InChI=1S/C19H20N2S/c1-14(5-6-15(2)18-9-10-20-13-21-18)17-8-7-16-4-3-11-22-19(16)12-17/h7-10,12-13H,1-6,11H2. The van der Waals surface area contributed by atoms with E-state index in [4.69, 9.17) is 0 Å². The molecule has 0 atom stereocenters. The van der Waals surface area contributed by atoms with E-state index in [1.165, 1.54) is 40.2 Å². The maximum absolute atomic E-state index is 4.26. The van der Waals surface area contributed by atoms with Crippen LogP contribution in [-0.2, 0) is 6.42 Å². The number of hydrogen-bond donors (Lipinski definition) is 0. The summed E-state index contributed by atoms with van der Waals surface area (Å²) in [5.41, 5.74) is 5.87. The predicted molar refractivity (Wildman–Crippen MR) is 94.8 cm³/mol. The van der Waals surface area contributed by atoms with Crippen LogP contribution in [-0.4, -0.2) is 15.7 Å². The first kappa shape index (κ1) is 15.0. The first-order chi connectivity index (χ1) is 10.7. The third kappa shape index (κ3) is 3.47. The second-order valence-electron chi connectivity index (χ2n) is 5.58. The van der Waals surface area contributed by atoms with E-state index in [1.807, 2.05) is 17.8 Å². The van der Waals surface area contributed by atoms with E-state index in [9.17, 15) is 0 Å². The minimum Gasteiger partial charge on any atom is -0.245 e. The molecule has 1 aliphatic rings. The monoisotopic (exact) mass is 308 g/mol. The summed E-state index contributed by atoms with van der Waals surface area (Å²) in [7, 11) is 0. The maximum Gasteiger partial charge on any atom is 0.116 e. The van der Waals surface area contributed by atoms with Crippen LogP contribution in [0.4, 0.5) is 0 Å². The SMILES string of the molecule is C=C(CCC(=C)c1ccncn1)c1ccc2c(c1)SCCC2. The number of benzene rings is 1. The molecule has 3 heteroatoms. The van der Waals surface area contributed by atoms with Crippen LogP contribution >= 0.6 is 11.8 Å². The van der Waals surface area contributed by atoms with Crippen LogP contribution in [0.2, 0.25) is 0 Å². The molecule has 3 rings (SSSR count). The lowest BCUT2D eigenvalue weighted by atomic mass is 9.97. The van der Waals surface area contributed by atoms with Gasteiger partial charge in [0, 0.05) is 11.1 Å². The Kier molecular flexibility index (Phi) is 4.74. The number of allylic oxidation sites excluding steroid dienone is 2. The van der Waals surface area contributed by atoms with Gasteiger partial charge in [-0.2, -0.15) is 0 Å². The van der Waals surface area contributed by atoms with Crippen molar-refractivity contribution in [1.82, 2.24) is 9.97 Å². The van der Waals surface area contributed by atoms with Crippen molar-refractivity contribution < 1.29 is 0 Å². The Hall–Kier alpha value is -1.87. The first-order valence-electron chi connectivity index (χ1n) is 7.62. The zero-order chi connectivity index (χ0) is 15.4. The van der Waals surface area contributed by atoms with Crippen molar-refractivity contribution in [2.45, 2.75) is 30.6 Å². The van der Waals surface area contributed by atoms with Crippen molar-refractivity contribution >= 4 is 22.9 Å². The van der Waals surface area contributed by atoms with E-state index in [2.05, 4.69) is 41.3 Å². The lowest BCUT2D eigenvalue weighted by molar-refractivity contribution is 0.889. The number of nitrogens with zero attached hydrogens (tertiary/aromatic N) is 2. The number of hydrogen-bond acceptors (Lipinski definition) is 3. The van der Waals surface area contributed by atoms with E-state index < -0.39 is 0 Å². The van der Waals surface area contributed by atoms with E-state index >= 15 is 0 Å². The van der Waals surface area contributed by atoms with Crippen LogP contribution in [0, 0.1) is 0 Å². The quantitative estimate of drug-likeness (QED) is 0.775. The van der Waals surface area contributed by atoms with Crippen LogP contribution in [0.25, 0.3) is 11.1 Å². The van der Waals surface area contributed by atoms with Gasteiger partial charge in [0.2, 0.25) is 0 Å². The molecule has 2 nitrogen and oxygen atoms in total. The Labute approximate surface area is 136 Å². The number of aryl methyl sites for hydroxylation is 1. The van der Waals surface area contributed by atoms with E-state index in [0.29, 0.717) is 0 Å². The van der Waals surface area contributed by atoms with Gasteiger partial charge in [0.05, 0.1) is 5.69 Å². The summed E-state index contributed by atoms with van der Waals surface area (Å²) in [6.07, 6.45) is 7.60. The van der Waals surface area contributed by atoms with Gasteiger partial charge in [-0.05, 0) is 65.8 Å². The summed E-state index contributed by atoms with van der Waals surface area (Å²) in [5, 5.41) is 0. The molecule has 0 N–H and O–H groups in total. The highest BCUT2D eigenvalue weighted by molar-refractivity contribution is 7.99. The highest BCUT2D eigenvalue weighted by Gasteiger charge is 2.11. The highest BCUT2D eigenvalue weighted by atomic mass is 32.2. The summed E-state index contributed by atoms with van der Waals surface area (Å²) < 4.78 is 0. The van der Waals surface area contributed by atoms with Gasteiger partial charge in [-0.3, -0.25) is 0 Å². The molecular weight excluding hydrogens is 288 g/mol. The lowest BCUT2D eigenvalue weighted by Gasteiger charge is -2.17. The molecule has 0 saturated heterocycles. The number of thioether (sulfide) groups is 1. The van der Waals surface area contributed by atoms with E-state index in [-0.39, 0.29) is 0 Å². The minimum absolute atomic E-state index is 0.875. The average molecular weight is 308 g/mol. The van der Waals surface area contributed by atoms with Crippen LogP contribution in [0.3, 0.4) is 0 Å². The molecule has 1 aromatic carbocycles. The zero-order valence-electron chi connectivity index (χ0n) is 12.7. The van der Waals surface area contributed by atoms with Gasteiger partial charge in [-0.15, -0.1) is 11.8 Å². The highest BCUT2D eigenvalue weighted by Crippen LogP contribution is 2.33. The normalized spacial score (nSPS) is 13.5. The molecule has 2 heterocycles. The maximum atomic E-state index is 4.26. The lowest BCUT2D eigenvalue weighted by Crippen LogP contribution is -1.99. The fourth-order valence-corrected chi connectivity index (χ4v) is 3.71. The van der Waals surface area contributed by atoms with Crippen LogP contribution < -0.4 is 0 Å². The van der Waals surface area contributed by atoms with Crippen molar-refractivity contribution in [3.8, 4) is 0 Å². The van der Waals surface area contributed by atoms with Gasteiger partial charge in [0.15, 0.2) is 0 Å². The summed E-state index contributed by atoms with van der Waals surface area (Å²) in [5.74, 6) is 1.23. The molecule has 0 fully saturated rings. The molecule has 2 aromatic rings. The van der Waals surface area contributed by atoms with E-state index in [0.717, 1.165) is 24.1 Å². The minimum atomic E-state index is 0.875. The van der Waals surface area contributed by atoms with Gasteiger partial charge in [-0.1, -0.05) is 25.3 Å². The third-order valence-corrected chi connectivity index (χ3v) is 5.18.